The summed E-state index contributed by atoms with van der Waals surface area (Å²) in [7, 11) is -4.17. The highest BCUT2D eigenvalue weighted by molar-refractivity contribution is 7.87. The Balaban J connectivity index is 0.00000118. The molecule has 0 aromatic heterocycles. The van der Waals surface area contributed by atoms with Crippen LogP contribution in [0.3, 0.4) is 0 Å². The number of hydrogen-bond acceptors (Lipinski definition) is 8. The molecule has 15 heteroatoms. The Morgan fingerprint density at radius 3 is 2.47 bits per heavy atom. The van der Waals surface area contributed by atoms with E-state index in [1.807, 2.05) is 0 Å². The molecule has 0 unspecified atom stereocenters. The van der Waals surface area contributed by atoms with Crippen LogP contribution in [0.15, 0.2) is 51.5 Å². The van der Waals surface area contributed by atoms with Gasteiger partial charge in [-0.1, -0.05) is 23.2 Å². The van der Waals surface area contributed by atoms with E-state index in [-0.39, 0.29) is 33.3 Å². The van der Waals surface area contributed by atoms with Crippen LogP contribution in [-0.2, 0) is 10.1 Å². The van der Waals surface area contributed by atoms with E-state index in [2.05, 4.69) is 10.2 Å². The number of halogens is 2. The first-order valence-electron chi connectivity index (χ1n) is 8.48. The van der Waals surface area contributed by atoms with Crippen molar-refractivity contribution >= 4 is 45.5 Å². The fourth-order valence-electron chi connectivity index (χ4n) is 2.08. The van der Waals surface area contributed by atoms with Gasteiger partial charge < -0.3 is 25.6 Å². The maximum Gasteiger partial charge on any atom is 0.340 e. The molecular formula is C17H19Cl2N5O7S. The third kappa shape index (κ3) is 10.1. The molecule has 0 amide bonds. The highest BCUT2D eigenvalue weighted by atomic mass is 35.5. The molecule has 0 heterocycles. The van der Waals surface area contributed by atoms with Crippen molar-refractivity contribution < 1.29 is 27.6 Å². The summed E-state index contributed by atoms with van der Waals surface area (Å²) in [5, 5.41) is 21.0. The minimum absolute atomic E-state index is 0.00795. The van der Waals surface area contributed by atoms with Crippen molar-refractivity contribution in [1.29, 1.82) is 0 Å². The van der Waals surface area contributed by atoms with Crippen LogP contribution in [0.25, 0.3) is 0 Å². The molecule has 0 aliphatic rings. The molecule has 32 heavy (non-hydrogen) atoms. The van der Waals surface area contributed by atoms with Gasteiger partial charge >= 0.3 is 10.1 Å². The van der Waals surface area contributed by atoms with Gasteiger partial charge in [-0.25, -0.2) is 0 Å². The highest BCUT2D eigenvalue weighted by Crippen LogP contribution is 2.30. The smallest absolute Gasteiger partial charge is 0.340 e. The first-order chi connectivity index (χ1) is 14.9. The Labute approximate surface area is 193 Å². The number of hydrogen-bond donors (Lipinski definition) is 3. The fourth-order valence-corrected chi connectivity index (χ4v) is 3.74. The molecule has 2 rings (SSSR count). The van der Waals surface area contributed by atoms with Crippen LogP contribution in [0, 0.1) is 17.0 Å². The molecule has 12 nitrogen and oxygen atoms in total. The number of nitrogens with zero attached hydrogens (tertiary/aromatic N) is 3. The maximum absolute atomic E-state index is 12.5. The van der Waals surface area contributed by atoms with Crippen LogP contribution in [0.1, 0.15) is 12.0 Å². The number of nitrogens with two attached hydrogens (primary N) is 2. The lowest BCUT2D eigenvalue weighted by atomic mass is 10.2. The molecule has 2 aromatic carbocycles. The van der Waals surface area contributed by atoms with E-state index in [0.29, 0.717) is 12.2 Å². The van der Waals surface area contributed by atoms with Crippen LogP contribution in [0.2, 0.25) is 10.0 Å². The molecule has 174 valence electrons. The second kappa shape index (κ2) is 12.5. The fraction of sp³-hybridized carbons (Fsp3) is 0.176. The first-order valence-corrected chi connectivity index (χ1v) is 10.6. The Morgan fingerprint density at radius 2 is 1.84 bits per heavy atom. The summed E-state index contributed by atoms with van der Waals surface area (Å²) in [4.78, 5) is 8.14. The predicted octanol–water partition coefficient (Wildman–Crippen LogP) is 2.75. The van der Waals surface area contributed by atoms with Crippen LogP contribution in [0.4, 0.5) is 0 Å². The minimum Gasteiger partial charge on any atom is -0.493 e. The number of guanidine groups is 1. The van der Waals surface area contributed by atoms with Crippen LogP contribution in [-0.4, -0.2) is 37.5 Å². The van der Waals surface area contributed by atoms with Crippen molar-refractivity contribution in [2.75, 3.05) is 6.61 Å². The van der Waals surface area contributed by atoms with Crippen molar-refractivity contribution in [2.24, 2.45) is 21.7 Å². The standard InChI is InChI=1S/C17H18Cl2N4O4S.HNO3/c1-11-7-13(26-6-2-5-22-23-17(20)21)10-14(8-11)27-28(24,25)16-9-12(18)3-4-15(16)19;2-1(3)4/h3-5,7-10H,2,6H2,1H3,(H4,20,21,23);(H,2,3,4). The molecule has 0 bridgehead atoms. The molecule has 2 aromatic rings. The monoisotopic (exact) mass is 507 g/mol. The van der Waals surface area contributed by atoms with Gasteiger partial charge in [0.05, 0.1) is 11.6 Å². The average Bonchev–Trinajstić information content (AvgIpc) is 2.65. The number of rotatable bonds is 8. The van der Waals surface area contributed by atoms with Gasteiger partial charge in [0.15, 0.2) is 0 Å². The summed E-state index contributed by atoms with van der Waals surface area (Å²) in [6, 6.07) is 8.84. The van der Waals surface area contributed by atoms with Gasteiger partial charge in [0, 0.05) is 23.7 Å². The van der Waals surface area contributed by atoms with Crippen LogP contribution >= 0.6 is 23.2 Å². The normalized spacial score (nSPS) is 10.7. The van der Waals surface area contributed by atoms with Crippen molar-refractivity contribution in [2.45, 2.75) is 18.2 Å². The zero-order valence-electron chi connectivity index (χ0n) is 16.5. The molecule has 0 aliphatic carbocycles. The Kier molecular flexibility index (Phi) is 10.5. The zero-order valence-corrected chi connectivity index (χ0v) is 18.8. The molecule has 5 N–H and O–H groups in total. The van der Waals surface area contributed by atoms with Crippen molar-refractivity contribution in [1.82, 2.24) is 0 Å². The third-order valence-corrected chi connectivity index (χ3v) is 5.13. The van der Waals surface area contributed by atoms with E-state index in [4.69, 9.17) is 58.9 Å². The average molecular weight is 508 g/mol. The summed E-state index contributed by atoms with van der Waals surface area (Å²) < 4.78 is 35.8. The molecule has 0 aliphatic heterocycles. The number of aryl methyl sites for hydroxylation is 1. The van der Waals surface area contributed by atoms with Gasteiger partial charge in [0.1, 0.15) is 16.4 Å². The van der Waals surface area contributed by atoms with Gasteiger partial charge in [-0.2, -0.15) is 13.5 Å². The van der Waals surface area contributed by atoms with Gasteiger partial charge in [-0.15, -0.1) is 15.2 Å². The number of benzene rings is 2. The van der Waals surface area contributed by atoms with E-state index < -0.39 is 15.2 Å². The zero-order chi connectivity index (χ0) is 24.3. The molecule has 0 fully saturated rings. The van der Waals surface area contributed by atoms with Crippen LogP contribution < -0.4 is 20.4 Å². The summed E-state index contributed by atoms with van der Waals surface area (Å²) in [5.74, 6) is 0.372. The summed E-state index contributed by atoms with van der Waals surface area (Å²) in [6.45, 7) is 2.05. The third-order valence-electron chi connectivity index (χ3n) is 3.16. The van der Waals surface area contributed by atoms with E-state index >= 15 is 0 Å². The molecule has 0 saturated carbocycles. The van der Waals surface area contributed by atoms with Gasteiger partial charge in [-0.05, 0) is 42.8 Å². The van der Waals surface area contributed by atoms with Gasteiger partial charge in [-0.3, -0.25) is 0 Å². The van der Waals surface area contributed by atoms with Crippen molar-refractivity contribution in [3.05, 3.63) is 62.1 Å². The second-order valence-corrected chi connectivity index (χ2v) is 8.15. The molecule has 0 atom stereocenters. The Bertz CT molecular complexity index is 1100. The lowest BCUT2D eigenvalue weighted by Gasteiger charge is -2.11. The summed E-state index contributed by atoms with van der Waals surface area (Å²) in [5.41, 5.74) is 11.0. The first kappa shape index (κ1) is 26.7. The molecule has 0 radical (unpaired) electrons. The SMILES string of the molecule is Cc1cc(OCCC=NN=C(N)N)cc(OS(=O)(=O)c2cc(Cl)ccc2Cl)c1.O=[N+]([O-])O. The largest absolute Gasteiger partial charge is 0.493 e. The second-order valence-electron chi connectivity index (χ2n) is 5.79. The summed E-state index contributed by atoms with van der Waals surface area (Å²) >= 11 is 11.8. The molecule has 0 saturated heterocycles. The maximum atomic E-state index is 12.5. The van der Waals surface area contributed by atoms with E-state index in [0.717, 1.165) is 5.56 Å². The van der Waals surface area contributed by atoms with Crippen LogP contribution in [0.5, 0.6) is 11.5 Å². The van der Waals surface area contributed by atoms with Gasteiger partial charge in [0.2, 0.25) is 5.96 Å². The van der Waals surface area contributed by atoms with E-state index in [1.165, 1.54) is 30.5 Å². The summed E-state index contributed by atoms with van der Waals surface area (Å²) in [6.07, 6.45) is 1.93. The lowest BCUT2D eigenvalue weighted by Crippen LogP contribution is -2.21. The van der Waals surface area contributed by atoms with Crippen molar-refractivity contribution in [3.63, 3.8) is 0 Å². The molecule has 0 spiro atoms. The number of ether oxygens (including phenoxy) is 1. The highest BCUT2D eigenvalue weighted by Gasteiger charge is 2.21. The topological polar surface area (TPSA) is 193 Å². The lowest BCUT2D eigenvalue weighted by molar-refractivity contribution is -0.742. The van der Waals surface area contributed by atoms with E-state index in [1.54, 1.807) is 19.1 Å². The quantitative estimate of drug-likeness (QED) is 0.120. The van der Waals surface area contributed by atoms with Crippen molar-refractivity contribution in [3.8, 4) is 11.5 Å². The Hall–Kier alpha value is -3.29. The Morgan fingerprint density at radius 1 is 1.22 bits per heavy atom. The predicted molar refractivity (Wildman–Crippen MR) is 119 cm³/mol. The minimum atomic E-state index is -4.17. The van der Waals surface area contributed by atoms with Gasteiger partial charge in [0.25, 0.3) is 5.09 Å². The van der Waals surface area contributed by atoms with E-state index in [9.17, 15) is 8.42 Å². The molecular weight excluding hydrogens is 489 g/mol.